The summed E-state index contributed by atoms with van der Waals surface area (Å²) in [6.07, 6.45) is 0. The standard InChI is InChI=1S/C21H20Br2N/c1-14(2)24-15(3)12-18(16-4-8-19(22)9-5-16)13-21(24)17-6-10-20(23)11-7-17/h4-14H,1-3H3/q+1. The van der Waals surface area contributed by atoms with Gasteiger partial charge in [0.2, 0.25) is 5.69 Å². The van der Waals surface area contributed by atoms with Crippen LogP contribution < -0.4 is 4.57 Å². The van der Waals surface area contributed by atoms with E-state index in [9.17, 15) is 0 Å². The molecule has 0 aliphatic rings. The second kappa shape index (κ2) is 7.20. The Morgan fingerprint density at radius 2 is 1.21 bits per heavy atom. The minimum absolute atomic E-state index is 0.405. The first-order chi connectivity index (χ1) is 11.5. The Morgan fingerprint density at radius 1 is 0.708 bits per heavy atom. The second-order valence-corrected chi connectivity index (χ2v) is 8.08. The zero-order valence-corrected chi connectivity index (χ0v) is 17.2. The van der Waals surface area contributed by atoms with Gasteiger partial charge in [0.15, 0.2) is 11.7 Å². The SMILES string of the molecule is Cc1cc(-c2ccc(Br)cc2)cc(-c2ccc(Br)cc2)[n+]1C(C)C. The first kappa shape index (κ1) is 17.4. The number of hydrogen-bond donors (Lipinski definition) is 0. The molecule has 1 aromatic heterocycles. The Balaban J connectivity index is 2.21. The summed E-state index contributed by atoms with van der Waals surface area (Å²) in [5.74, 6) is 0. The van der Waals surface area contributed by atoms with E-state index in [1.165, 1.54) is 28.1 Å². The van der Waals surface area contributed by atoms with Gasteiger partial charge in [-0.2, -0.15) is 4.57 Å². The number of rotatable bonds is 3. The average molecular weight is 446 g/mol. The zero-order chi connectivity index (χ0) is 17.3. The van der Waals surface area contributed by atoms with Crippen molar-refractivity contribution in [2.45, 2.75) is 26.8 Å². The Kier molecular flexibility index (Phi) is 5.21. The van der Waals surface area contributed by atoms with Gasteiger partial charge in [-0.15, -0.1) is 0 Å². The Hall–Kier alpha value is -1.45. The lowest BCUT2D eigenvalue weighted by Gasteiger charge is -2.13. The molecule has 3 aromatic rings. The summed E-state index contributed by atoms with van der Waals surface area (Å²) in [4.78, 5) is 0. The molecule has 0 saturated carbocycles. The molecule has 0 bridgehead atoms. The van der Waals surface area contributed by atoms with Crippen LogP contribution in [-0.2, 0) is 0 Å². The first-order valence-corrected chi connectivity index (χ1v) is 9.62. The number of aromatic nitrogens is 1. The van der Waals surface area contributed by atoms with Crippen LogP contribution >= 0.6 is 31.9 Å². The summed E-state index contributed by atoms with van der Waals surface area (Å²) < 4.78 is 4.60. The minimum Gasteiger partial charge on any atom is -0.194 e. The molecule has 0 fully saturated rings. The third-order valence-electron chi connectivity index (χ3n) is 4.13. The maximum absolute atomic E-state index is 3.53. The fourth-order valence-electron chi connectivity index (χ4n) is 3.08. The van der Waals surface area contributed by atoms with Crippen molar-refractivity contribution in [3.8, 4) is 22.4 Å². The predicted molar refractivity (Wildman–Crippen MR) is 108 cm³/mol. The molecule has 0 radical (unpaired) electrons. The van der Waals surface area contributed by atoms with Crippen molar-refractivity contribution in [2.24, 2.45) is 0 Å². The summed E-state index contributed by atoms with van der Waals surface area (Å²) in [6.45, 7) is 6.65. The highest BCUT2D eigenvalue weighted by Crippen LogP contribution is 2.28. The van der Waals surface area contributed by atoms with Gasteiger partial charge in [-0.25, -0.2) is 0 Å². The van der Waals surface area contributed by atoms with Crippen LogP contribution in [0.3, 0.4) is 0 Å². The fraction of sp³-hybridized carbons (Fsp3) is 0.190. The van der Waals surface area contributed by atoms with Crippen LogP contribution in [-0.4, -0.2) is 0 Å². The van der Waals surface area contributed by atoms with Gasteiger partial charge < -0.3 is 0 Å². The van der Waals surface area contributed by atoms with Crippen molar-refractivity contribution in [3.05, 3.63) is 75.3 Å². The quantitative estimate of drug-likeness (QED) is 0.394. The third-order valence-corrected chi connectivity index (χ3v) is 5.19. The lowest BCUT2D eigenvalue weighted by Crippen LogP contribution is -2.41. The highest BCUT2D eigenvalue weighted by molar-refractivity contribution is 9.10. The van der Waals surface area contributed by atoms with E-state index in [0.717, 1.165) is 8.95 Å². The van der Waals surface area contributed by atoms with Gasteiger partial charge in [0.25, 0.3) is 0 Å². The van der Waals surface area contributed by atoms with Gasteiger partial charge in [-0.05, 0) is 61.4 Å². The fourth-order valence-corrected chi connectivity index (χ4v) is 3.61. The molecule has 122 valence electrons. The maximum Gasteiger partial charge on any atom is 0.213 e. The van der Waals surface area contributed by atoms with E-state index in [2.05, 4.69) is 118 Å². The zero-order valence-electron chi connectivity index (χ0n) is 14.1. The molecular formula is C21H20Br2N+. The van der Waals surface area contributed by atoms with E-state index in [4.69, 9.17) is 0 Å². The van der Waals surface area contributed by atoms with Crippen molar-refractivity contribution >= 4 is 31.9 Å². The Bertz CT molecular complexity index is 850. The molecule has 0 saturated heterocycles. The van der Waals surface area contributed by atoms with Crippen molar-refractivity contribution in [2.75, 3.05) is 0 Å². The van der Waals surface area contributed by atoms with Gasteiger partial charge in [-0.3, -0.25) is 0 Å². The molecule has 0 unspecified atom stereocenters. The highest BCUT2D eigenvalue weighted by Gasteiger charge is 2.21. The summed E-state index contributed by atoms with van der Waals surface area (Å²) >= 11 is 7.04. The van der Waals surface area contributed by atoms with Crippen molar-refractivity contribution in [3.63, 3.8) is 0 Å². The van der Waals surface area contributed by atoms with Gasteiger partial charge >= 0.3 is 0 Å². The third kappa shape index (κ3) is 3.62. The number of benzene rings is 2. The van der Waals surface area contributed by atoms with Crippen LogP contribution in [0, 0.1) is 6.92 Å². The van der Waals surface area contributed by atoms with E-state index in [-0.39, 0.29) is 0 Å². The van der Waals surface area contributed by atoms with Gasteiger partial charge in [0.1, 0.15) is 0 Å². The van der Waals surface area contributed by atoms with Crippen LogP contribution in [0.5, 0.6) is 0 Å². The molecular weight excluding hydrogens is 426 g/mol. The molecule has 0 atom stereocenters. The van der Waals surface area contributed by atoms with Crippen LogP contribution in [0.15, 0.2) is 69.6 Å². The van der Waals surface area contributed by atoms with Gasteiger partial charge in [0, 0.05) is 33.6 Å². The molecule has 1 nitrogen and oxygen atoms in total. The van der Waals surface area contributed by atoms with E-state index >= 15 is 0 Å². The number of pyridine rings is 1. The van der Waals surface area contributed by atoms with Crippen LogP contribution in [0.4, 0.5) is 0 Å². The number of halogens is 2. The molecule has 0 N–H and O–H groups in total. The highest BCUT2D eigenvalue weighted by atomic mass is 79.9. The molecule has 0 aliphatic heterocycles. The number of nitrogens with zero attached hydrogens (tertiary/aromatic N) is 1. The van der Waals surface area contributed by atoms with Crippen LogP contribution in [0.25, 0.3) is 22.4 Å². The average Bonchev–Trinajstić information content (AvgIpc) is 2.55. The minimum atomic E-state index is 0.405. The smallest absolute Gasteiger partial charge is 0.194 e. The molecule has 1 heterocycles. The lowest BCUT2D eigenvalue weighted by atomic mass is 10.0. The number of aryl methyl sites for hydroxylation is 1. The number of hydrogen-bond acceptors (Lipinski definition) is 0. The van der Waals surface area contributed by atoms with Gasteiger partial charge in [-0.1, -0.05) is 44.0 Å². The summed E-state index contributed by atoms with van der Waals surface area (Å²) in [6, 6.07) is 22.0. The second-order valence-electron chi connectivity index (χ2n) is 6.25. The monoisotopic (exact) mass is 444 g/mol. The van der Waals surface area contributed by atoms with Crippen LogP contribution in [0.1, 0.15) is 25.6 Å². The van der Waals surface area contributed by atoms with E-state index in [1.807, 2.05) is 0 Å². The predicted octanol–water partition coefficient (Wildman–Crippen LogP) is 6.72. The molecule has 0 aliphatic carbocycles. The summed E-state index contributed by atoms with van der Waals surface area (Å²) in [5, 5.41) is 0. The first-order valence-electron chi connectivity index (χ1n) is 8.04. The van der Waals surface area contributed by atoms with E-state index < -0.39 is 0 Å². The molecule has 3 heteroatoms. The largest absolute Gasteiger partial charge is 0.213 e. The summed E-state index contributed by atoms with van der Waals surface area (Å²) in [5.41, 5.74) is 6.22. The van der Waals surface area contributed by atoms with Crippen molar-refractivity contribution in [1.29, 1.82) is 0 Å². The molecule has 0 spiro atoms. The van der Waals surface area contributed by atoms with Crippen molar-refractivity contribution in [1.82, 2.24) is 0 Å². The van der Waals surface area contributed by atoms with E-state index in [1.54, 1.807) is 0 Å². The maximum atomic E-state index is 3.53. The molecule has 24 heavy (non-hydrogen) atoms. The van der Waals surface area contributed by atoms with Gasteiger partial charge in [0.05, 0.1) is 0 Å². The molecule has 0 amide bonds. The van der Waals surface area contributed by atoms with Crippen LogP contribution in [0.2, 0.25) is 0 Å². The molecule has 3 rings (SSSR count). The van der Waals surface area contributed by atoms with Crippen molar-refractivity contribution < 1.29 is 4.57 Å². The lowest BCUT2D eigenvalue weighted by molar-refractivity contribution is -0.711. The topological polar surface area (TPSA) is 3.88 Å². The Labute approximate surface area is 160 Å². The summed E-state index contributed by atoms with van der Waals surface area (Å²) in [7, 11) is 0. The Morgan fingerprint density at radius 3 is 1.71 bits per heavy atom. The normalized spacial score (nSPS) is 11.1. The molecule has 2 aromatic carbocycles. The van der Waals surface area contributed by atoms with E-state index in [0.29, 0.717) is 6.04 Å².